The van der Waals surface area contributed by atoms with E-state index < -0.39 is 0 Å². The number of fused-ring (bicyclic) bond motifs is 1. The summed E-state index contributed by atoms with van der Waals surface area (Å²) >= 11 is 5.77. The van der Waals surface area contributed by atoms with Gasteiger partial charge in [-0.1, -0.05) is 23.7 Å². The van der Waals surface area contributed by atoms with Gasteiger partial charge in [0, 0.05) is 11.9 Å². The number of hydrogen-bond donors (Lipinski definition) is 2. The number of benzene rings is 1. The Balaban J connectivity index is 1.60. The van der Waals surface area contributed by atoms with Crippen molar-refractivity contribution in [3.8, 4) is 0 Å². The maximum Gasteiger partial charge on any atom is 0.244 e. The van der Waals surface area contributed by atoms with Crippen molar-refractivity contribution in [3.63, 3.8) is 0 Å². The van der Waals surface area contributed by atoms with E-state index in [2.05, 4.69) is 21.7 Å². The first-order chi connectivity index (χ1) is 10.7. The number of carbonyl (C=O) groups is 1. The zero-order chi connectivity index (χ0) is 15.4. The zero-order valence-corrected chi connectivity index (χ0v) is 13.0. The monoisotopic (exact) mass is 315 g/mol. The maximum absolute atomic E-state index is 12.0. The first-order valence-corrected chi connectivity index (χ1v) is 7.86. The van der Waals surface area contributed by atoms with Crippen molar-refractivity contribution in [2.24, 2.45) is 0 Å². The molecular formula is C17H18ClN3O. The van der Waals surface area contributed by atoms with Gasteiger partial charge in [0.2, 0.25) is 5.91 Å². The summed E-state index contributed by atoms with van der Waals surface area (Å²) in [6, 6.07) is 9.65. The molecule has 1 aromatic heterocycles. The van der Waals surface area contributed by atoms with Crippen molar-refractivity contribution in [1.29, 1.82) is 0 Å². The highest BCUT2D eigenvalue weighted by Gasteiger charge is 2.13. The average Bonchev–Trinajstić information content (AvgIpc) is 2.55. The van der Waals surface area contributed by atoms with Crippen LogP contribution in [0.2, 0.25) is 5.02 Å². The normalized spacial score (nSPS) is 13.3. The highest BCUT2D eigenvalue weighted by molar-refractivity contribution is 6.30. The zero-order valence-electron chi connectivity index (χ0n) is 12.2. The van der Waals surface area contributed by atoms with Gasteiger partial charge in [-0.2, -0.15) is 0 Å². The van der Waals surface area contributed by atoms with Crippen molar-refractivity contribution in [2.45, 2.75) is 25.7 Å². The second-order valence-corrected chi connectivity index (χ2v) is 5.85. The van der Waals surface area contributed by atoms with Gasteiger partial charge in [0.25, 0.3) is 0 Å². The van der Waals surface area contributed by atoms with Crippen molar-refractivity contribution >= 4 is 29.0 Å². The van der Waals surface area contributed by atoms with Gasteiger partial charge in [0.05, 0.1) is 11.6 Å². The van der Waals surface area contributed by atoms with E-state index in [1.807, 2.05) is 12.1 Å². The van der Waals surface area contributed by atoms with Gasteiger partial charge < -0.3 is 10.6 Å². The molecule has 5 heteroatoms. The molecule has 1 heterocycles. The Hall–Kier alpha value is -2.07. The van der Waals surface area contributed by atoms with Crippen LogP contribution in [0, 0.1) is 0 Å². The lowest BCUT2D eigenvalue weighted by atomic mass is 9.90. The third-order valence-corrected chi connectivity index (χ3v) is 4.05. The lowest BCUT2D eigenvalue weighted by Gasteiger charge is -2.20. The van der Waals surface area contributed by atoms with Crippen LogP contribution in [0.5, 0.6) is 0 Å². The minimum Gasteiger partial charge on any atom is -0.376 e. The average molecular weight is 316 g/mol. The molecule has 114 valence electrons. The quantitative estimate of drug-likeness (QED) is 0.905. The van der Waals surface area contributed by atoms with Gasteiger partial charge >= 0.3 is 0 Å². The molecule has 0 aliphatic heterocycles. The van der Waals surface area contributed by atoms with Crippen LogP contribution in [0.15, 0.2) is 36.5 Å². The number of hydrogen-bond acceptors (Lipinski definition) is 3. The number of nitrogens with zero attached hydrogens (tertiary/aromatic N) is 1. The molecule has 22 heavy (non-hydrogen) atoms. The van der Waals surface area contributed by atoms with Crippen LogP contribution in [0.25, 0.3) is 0 Å². The minimum absolute atomic E-state index is 0.122. The van der Waals surface area contributed by atoms with Gasteiger partial charge in [0.1, 0.15) is 5.82 Å². The van der Waals surface area contributed by atoms with Gasteiger partial charge in [0.15, 0.2) is 0 Å². The summed E-state index contributed by atoms with van der Waals surface area (Å²) in [6.07, 6.45) is 6.19. The number of halogens is 1. The topological polar surface area (TPSA) is 54.0 Å². The molecule has 3 rings (SSSR count). The third kappa shape index (κ3) is 3.57. The molecule has 2 N–H and O–H groups in total. The van der Waals surface area contributed by atoms with Gasteiger partial charge in [-0.25, -0.2) is 4.98 Å². The van der Waals surface area contributed by atoms with E-state index >= 15 is 0 Å². The SMILES string of the molecule is O=C(CNc1cccc2c1CCCC2)Nc1ccc(Cl)cn1. The predicted octanol–water partition coefficient (Wildman–Crippen LogP) is 3.66. The molecule has 2 aromatic rings. The molecule has 0 radical (unpaired) electrons. The van der Waals surface area contributed by atoms with E-state index in [0.29, 0.717) is 10.8 Å². The van der Waals surface area contributed by atoms with E-state index in [0.717, 1.165) is 18.5 Å². The number of nitrogens with one attached hydrogen (secondary N) is 2. The smallest absolute Gasteiger partial charge is 0.244 e. The van der Waals surface area contributed by atoms with Gasteiger partial charge in [-0.3, -0.25) is 4.79 Å². The summed E-state index contributed by atoms with van der Waals surface area (Å²) in [5.41, 5.74) is 3.82. The molecule has 0 unspecified atom stereocenters. The highest BCUT2D eigenvalue weighted by Crippen LogP contribution is 2.27. The second-order valence-electron chi connectivity index (χ2n) is 5.41. The van der Waals surface area contributed by atoms with Crippen molar-refractivity contribution in [3.05, 3.63) is 52.7 Å². The summed E-state index contributed by atoms with van der Waals surface area (Å²) < 4.78 is 0. The molecule has 1 aliphatic rings. The van der Waals surface area contributed by atoms with E-state index in [1.54, 1.807) is 12.1 Å². The molecule has 0 spiro atoms. The Bertz CT molecular complexity index is 670. The molecule has 4 nitrogen and oxygen atoms in total. The van der Waals surface area contributed by atoms with Crippen LogP contribution < -0.4 is 10.6 Å². The van der Waals surface area contributed by atoms with Crippen LogP contribution in [0.1, 0.15) is 24.0 Å². The Labute approximate surface area is 134 Å². The van der Waals surface area contributed by atoms with Crippen molar-refractivity contribution in [1.82, 2.24) is 4.98 Å². The number of aromatic nitrogens is 1. The molecule has 0 bridgehead atoms. The standard InChI is InChI=1S/C17H18ClN3O/c18-13-8-9-16(20-10-13)21-17(22)11-19-15-7-3-5-12-4-1-2-6-14(12)15/h3,5,7-10,19H,1-2,4,6,11H2,(H,20,21,22). The fourth-order valence-corrected chi connectivity index (χ4v) is 2.87. The van der Waals surface area contributed by atoms with Crippen LogP contribution in [-0.2, 0) is 17.6 Å². The van der Waals surface area contributed by atoms with Crippen LogP contribution >= 0.6 is 11.6 Å². The number of rotatable bonds is 4. The molecular weight excluding hydrogens is 298 g/mol. The Morgan fingerprint density at radius 1 is 1.18 bits per heavy atom. The van der Waals surface area contributed by atoms with E-state index in [4.69, 9.17) is 11.6 Å². The Morgan fingerprint density at radius 3 is 2.86 bits per heavy atom. The first-order valence-electron chi connectivity index (χ1n) is 7.48. The molecule has 1 amide bonds. The van der Waals surface area contributed by atoms with Crippen LogP contribution in [0.3, 0.4) is 0 Å². The summed E-state index contributed by atoms with van der Waals surface area (Å²) in [5, 5.41) is 6.53. The summed E-state index contributed by atoms with van der Waals surface area (Å²) in [7, 11) is 0. The van der Waals surface area contributed by atoms with Crippen molar-refractivity contribution in [2.75, 3.05) is 17.2 Å². The summed E-state index contributed by atoms with van der Waals surface area (Å²) in [6.45, 7) is 0.223. The lowest BCUT2D eigenvalue weighted by molar-refractivity contribution is -0.114. The summed E-state index contributed by atoms with van der Waals surface area (Å²) in [5.74, 6) is 0.384. The molecule has 1 aliphatic carbocycles. The Kier molecular flexibility index (Phi) is 4.59. The third-order valence-electron chi connectivity index (χ3n) is 3.83. The van der Waals surface area contributed by atoms with E-state index in [-0.39, 0.29) is 12.5 Å². The first kappa shape index (κ1) is 14.9. The van der Waals surface area contributed by atoms with Gasteiger partial charge in [-0.15, -0.1) is 0 Å². The number of pyridine rings is 1. The maximum atomic E-state index is 12.0. The Morgan fingerprint density at radius 2 is 2.05 bits per heavy atom. The number of carbonyl (C=O) groups excluding carboxylic acids is 1. The minimum atomic E-state index is -0.122. The fraction of sp³-hybridized carbons (Fsp3) is 0.294. The molecule has 0 atom stereocenters. The second kappa shape index (κ2) is 6.79. The summed E-state index contributed by atoms with van der Waals surface area (Å²) in [4.78, 5) is 16.0. The number of aryl methyl sites for hydroxylation is 1. The van der Waals surface area contributed by atoms with Crippen LogP contribution in [-0.4, -0.2) is 17.4 Å². The molecule has 1 aromatic carbocycles. The predicted molar refractivity (Wildman–Crippen MR) is 89.5 cm³/mol. The number of anilines is 2. The van der Waals surface area contributed by atoms with Crippen LogP contribution in [0.4, 0.5) is 11.5 Å². The van der Waals surface area contributed by atoms with E-state index in [1.165, 1.54) is 30.2 Å². The van der Waals surface area contributed by atoms with Gasteiger partial charge in [-0.05, 0) is 55.0 Å². The van der Waals surface area contributed by atoms with E-state index in [9.17, 15) is 4.79 Å². The molecule has 0 saturated carbocycles. The largest absolute Gasteiger partial charge is 0.376 e. The number of amides is 1. The van der Waals surface area contributed by atoms with Crippen molar-refractivity contribution < 1.29 is 4.79 Å². The fourth-order valence-electron chi connectivity index (χ4n) is 2.76. The molecule has 0 fully saturated rings. The highest BCUT2D eigenvalue weighted by atomic mass is 35.5. The lowest BCUT2D eigenvalue weighted by Crippen LogP contribution is -2.23. The molecule has 0 saturated heterocycles.